The van der Waals surface area contributed by atoms with Crippen LogP contribution in [0.2, 0.25) is 0 Å². The number of carbonyl (C=O) groups excluding carboxylic acids is 1. The summed E-state index contributed by atoms with van der Waals surface area (Å²) in [5.74, 6) is 1.40. The lowest BCUT2D eigenvalue weighted by atomic mass is 9.50. The van der Waals surface area contributed by atoms with E-state index in [-0.39, 0.29) is 17.1 Å². The van der Waals surface area contributed by atoms with E-state index in [1.54, 1.807) is 19.6 Å². The topological polar surface area (TPSA) is 62.1 Å². The van der Waals surface area contributed by atoms with E-state index in [1.807, 2.05) is 0 Å². The van der Waals surface area contributed by atoms with Crippen molar-refractivity contribution in [1.82, 2.24) is 0 Å². The van der Waals surface area contributed by atoms with Gasteiger partial charge in [0, 0.05) is 37.2 Å². The fourth-order valence-electron chi connectivity index (χ4n) is 9.16. The van der Waals surface area contributed by atoms with Crippen LogP contribution in [0, 0.1) is 17.3 Å². The van der Waals surface area contributed by atoms with Crippen LogP contribution in [0.4, 0.5) is 5.69 Å². The molecule has 5 heteroatoms. The highest BCUT2D eigenvalue weighted by molar-refractivity contribution is 5.97. The second-order valence-electron chi connectivity index (χ2n) is 12.4. The number of rotatable bonds is 4. The SMILES string of the molecule is CO[C@]1(C(C)=O)CCC2C3CCC4=C/C(=N/O)CCC4=C3[C@@H](c3ccc(N4CCCCC4)cc3)C[C@@]21C. The van der Waals surface area contributed by atoms with Crippen molar-refractivity contribution in [1.29, 1.82) is 0 Å². The number of Topliss-reactive ketones (excluding diaryl/α,β-unsaturated/α-hetero) is 1. The molecule has 0 spiro atoms. The molecule has 4 aliphatic carbocycles. The molecule has 1 saturated heterocycles. The van der Waals surface area contributed by atoms with Gasteiger partial charge in [-0.15, -0.1) is 0 Å². The van der Waals surface area contributed by atoms with Crippen LogP contribution < -0.4 is 4.90 Å². The van der Waals surface area contributed by atoms with Crippen LogP contribution in [0.1, 0.15) is 89.5 Å². The van der Waals surface area contributed by atoms with Crippen molar-refractivity contribution >= 4 is 17.2 Å². The molecule has 0 aromatic heterocycles. The number of ether oxygens (including phenoxy) is 1. The first-order valence-corrected chi connectivity index (χ1v) is 14.5. The van der Waals surface area contributed by atoms with Gasteiger partial charge in [-0.05, 0) is 118 Å². The number of methoxy groups -OCH3 is 1. The Hall–Kier alpha value is -2.40. The molecule has 1 heterocycles. The van der Waals surface area contributed by atoms with Crippen LogP contribution in [0.25, 0.3) is 0 Å². The number of fused-ring (bicyclic) bond motifs is 4. The Kier molecular flexibility index (Phi) is 6.34. The summed E-state index contributed by atoms with van der Waals surface area (Å²) in [6.07, 6.45) is 12.7. The summed E-state index contributed by atoms with van der Waals surface area (Å²) in [6.45, 7) is 6.40. The van der Waals surface area contributed by atoms with Crippen molar-refractivity contribution < 1.29 is 14.7 Å². The van der Waals surface area contributed by atoms with Crippen LogP contribution in [0.5, 0.6) is 0 Å². The summed E-state index contributed by atoms with van der Waals surface area (Å²) in [4.78, 5) is 15.7. The Morgan fingerprint density at radius 2 is 1.84 bits per heavy atom. The van der Waals surface area contributed by atoms with Gasteiger partial charge in [0.25, 0.3) is 0 Å². The fraction of sp³-hybridized carbons (Fsp3) is 0.625. The van der Waals surface area contributed by atoms with E-state index in [0.717, 1.165) is 63.7 Å². The summed E-state index contributed by atoms with van der Waals surface area (Å²) in [7, 11) is 1.75. The minimum absolute atomic E-state index is 0.188. The molecule has 0 radical (unpaired) electrons. The van der Waals surface area contributed by atoms with Crippen LogP contribution in [-0.2, 0) is 9.53 Å². The molecule has 2 unspecified atom stereocenters. The predicted molar refractivity (Wildman–Crippen MR) is 147 cm³/mol. The highest BCUT2D eigenvalue weighted by Gasteiger charge is 2.65. The molecule has 6 rings (SSSR count). The number of oxime groups is 1. The molecule has 1 aromatic carbocycles. The molecular formula is C32H42N2O3. The first-order valence-electron chi connectivity index (χ1n) is 14.5. The lowest BCUT2D eigenvalue weighted by Gasteiger charge is -2.55. The molecule has 5 aliphatic rings. The molecule has 37 heavy (non-hydrogen) atoms. The van der Waals surface area contributed by atoms with Gasteiger partial charge in [-0.25, -0.2) is 0 Å². The molecule has 1 aliphatic heterocycles. The maximum Gasteiger partial charge on any atom is 0.162 e. The van der Waals surface area contributed by atoms with Gasteiger partial charge in [0.05, 0.1) is 5.71 Å². The van der Waals surface area contributed by atoms with Crippen molar-refractivity contribution in [3.63, 3.8) is 0 Å². The van der Waals surface area contributed by atoms with E-state index >= 15 is 0 Å². The quantitative estimate of drug-likeness (QED) is 0.363. The molecule has 1 N–H and O–H groups in total. The summed E-state index contributed by atoms with van der Waals surface area (Å²) in [5.41, 5.74) is 7.11. The van der Waals surface area contributed by atoms with Crippen LogP contribution in [-0.4, -0.2) is 42.5 Å². The maximum absolute atomic E-state index is 13.2. The smallest absolute Gasteiger partial charge is 0.162 e. The third kappa shape index (κ3) is 3.75. The number of benzene rings is 1. The highest BCUT2D eigenvalue weighted by atomic mass is 16.5. The number of carbonyl (C=O) groups is 1. The standard InChI is InChI=1S/C32H42N2O3/c1-21(35)32(37-3)16-15-29-27-13-9-23-19-24(33-36)10-14-26(23)30(27)28(20-31(29,32)2)22-7-11-25(12-8-22)34-17-5-4-6-18-34/h7-8,11-12,19,27-29,36H,4-6,9-10,13-18,20H2,1-3H3/b33-24+/t27?,28-,29?,31+,32+/m1/s1. The van der Waals surface area contributed by atoms with Gasteiger partial charge in [-0.1, -0.05) is 29.8 Å². The van der Waals surface area contributed by atoms with Gasteiger partial charge in [-0.3, -0.25) is 4.79 Å². The van der Waals surface area contributed by atoms with Crippen molar-refractivity contribution in [2.45, 2.75) is 89.6 Å². The number of anilines is 1. The lowest BCUT2D eigenvalue weighted by molar-refractivity contribution is -0.160. The number of nitrogens with zero attached hydrogens (tertiary/aromatic N) is 2. The molecule has 198 valence electrons. The van der Waals surface area contributed by atoms with Gasteiger partial charge in [0.1, 0.15) is 5.60 Å². The van der Waals surface area contributed by atoms with Crippen molar-refractivity contribution in [3.05, 3.63) is 52.6 Å². The van der Waals surface area contributed by atoms with E-state index < -0.39 is 5.60 Å². The average molecular weight is 503 g/mol. The Morgan fingerprint density at radius 3 is 2.51 bits per heavy atom. The maximum atomic E-state index is 13.2. The van der Waals surface area contributed by atoms with Crippen molar-refractivity contribution in [2.24, 2.45) is 22.4 Å². The molecule has 2 saturated carbocycles. The number of allylic oxidation sites excluding steroid dienone is 4. The highest BCUT2D eigenvalue weighted by Crippen LogP contribution is 2.67. The van der Waals surface area contributed by atoms with Gasteiger partial charge < -0.3 is 14.8 Å². The second kappa shape index (κ2) is 9.41. The number of piperidine rings is 1. The third-order valence-electron chi connectivity index (χ3n) is 10.9. The average Bonchev–Trinajstić information content (AvgIpc) is 3.25. The van der Waals surface area contributed by atoms with E-state index in [4.69, 9.17) is 4.74 Å². The summed E-state index contributed by atoms with van der Waals surface area (Å²) >= 11 is 0. The largest absolute Gasteiger partial charge is 0.411 e. The Bertz CT molecular complexity index is 1160. The molecule has 3 fully saturated rings. The first kappa shape index (κ1) is 24.9. The normalized spacial score (nSPS) is 36.6. The molecule has 1 aromatic rings. The lowest BCUT2D eigenvalue weighted by Crippen LogP contribution is -2.56. The molecule has 0 bridgehead atoms. The van der Waals surface area contributed by atoms with Gasteiger partial charge in [0.2, 0.25) is 0 Å². The zero-order valence-corrected chi connectivity index (χ0v) is 22.8. The minimum atomic E-state index is -0.695. The minimum Gasteiger partial charge on any atom is -0.411 e. The number of hydrogen-bond donors (Lipinski definition) is 1. The Balaban J connectivity index is 1.46. The number of ketones is 1. The second-order valence-corrected chi connectivity index (χ2v) is 12.4. The van der Waals surface area contributed by atoms with Gasteiger partial charge >= 0.3 is 0 Å². The summed E-state index contributed by atoms with van der Waals surface area (Å²) in [6, 6.07) is 9.38. The summed E-state index contributed by atoms with van der Waals surface area (Å²) < 4.78 is 6.20. The molecule has 5 atom stereocenters. The third-order valence-corrected chi connectivity index (χ3v) is 10.9. The van der Waals surface area contributed by atoms with Crippen LogP contribution >= 0.6 is 0 Å². The zero-order valence-electron chi connectivity index (χ0n) is 22.8. The predicted octanol–water partition coefficient (Wildman–Crippen LogP) is 6.81. The van der Waals surface area contributed by atoms with Crippen molar-refractivity contribution in [2.75, 3.05) is 25.1 Å². The first-order chi connectivity index (χ1) is 17.9. The van der Waals surface area contributed by atoms with Gasteiger partial charge in [0.15, 0.2) is 5.78 Å². The summed E-state index contributed by atoms with van der Waals surface area (Å²) in [5, 5.41) is 13.0. The van der Waals surface area contributed by atoms with E-state index in [2.05, 4.69) is 47.3 Å². The Morgan fingerprint density at radius 1 is 1.08 bits per heavy atom. The van der Waals surface area contributed by atoms with E-state index in [9.17, 15) is 10.0 Å². The van der Waals surface area contributed by atoms with Crippen molar-refractivity contribution in [3.8, 4) is 0 Å². The van der Waals surface area contributed by atoms with Gasteiger partial charge in [-0.2, -0.15) is 0 Å². The molecular weight excluding hydrogens is 460 g/mol. The fourth-order valence-corrected chi connectivity index (χ4v) is 9.16. The molecule has 5 nitrogen and oxygen atoms in total. The van der Waals surface area contributed by atoms with E-state index in [0.29, 0.717) is 11.8 Å². The monoisotopic (exact) mass is 502 g/mol. The Labute approximate surface area is 221 Å². The van der Waals surface area contributed by atoms with E-state index in [1.165, 1.54) is 41.7 Å². The van der Waals surface area contributed by atoms with Crippen LogP contribution in [0.3, 0.4) is 0 Å². The molecule has 0 amide bonds. The number of hydrogen-bond acceptors (Lipinski definition) is 5. The zero-order chi connectivity index (χ0) is 25.8. The van der Waals surface area contributed by atoms with Crippen LogP contribution in [0.15, 0.2) is 52.2 Å².